The number of carbonyl (C=O) groups is 1. The number of oxazole rings is 1. The van der Waals surface area contributed by atoms with Gasteiger partial charge in [0.15, 0.2) is 12.2 Å². The van der Waals surface area contributed by atoms with Gasteiger partial charge < -0.3 is 15.1 Å². The minimum Gasteiger partial charge on any atom is -0.444 e. The highest BCUT2D eigenvalue weighted by Crippen LogP contribution is 2.21. The molecule has 1 aliphatic heterocycles. The van der Waals surface area contributed by atoms with E-state index in [1.165, 1.54) is 12.8 Å². The SMILES string of the molecule is O=C(CCC1CCNC1)Nc1ccc(-c2cnco2)cc1. The molecule has 0 spiro atoms. The summed E-state index contributed by atoms with van der Waals surface area (Å²) >= 11 is 0. The molecule has 0 bridgehead atoms. The number of rotatable bonds is 5. The van der Waals surface area contributed by atoms with Crippen LogP contribution in [0.4, 0.5) is 5.69 Å². The second kappa shape index (κ2) is 6.54. The van der Waals surface area contributed by atoms with Gasteiger partial charge in [-0.15, -0.1) is 0 Å². The van der Waals surface area contributed by atoms with Gasteiger partial charge in [0, 0.05) is 17.7 Å². The van der Waals surface area contributed by atoms with Crippen molar-refractivity contribution in [2.45, 2.75) is 19.3 Å². The van der Waals surface area contributed by atoms with Gasteiger partial charge in [0.05, 0.1) is 6.20 Å². The van der Waals surface area contributed by atoms with Gasteiger partial charge in [0.2, 0.25) is 5.91 Å². The topological polar surface area (TPSA) is 67.2 Å². The lowest BCUT2D eigenvalue weighted by molar-refractivity contribution is -0.116. The molecular weight excluding hydrogens is 266 g/mol. The van der Waals surface area contributed by atoms with Gasteiger partial charge in [-0.05, 0) is 56.1 Å². The number of amides is 1. The van der Waals surface area contributed by atoms with Crippen LogP contribution in [0.3, 0.4) is 0 Å². The first-order valence-electron chi connectivity index (χ1n) is 7.31. The zero-order valence-corrected chi connectivity index (χ0v) is 11.8. The van der Waals surface area contributed by atoms with Gasteiger partial charge in [-0.2, -0.15) is 0 Å². The third-order valence-corrected chi connectivity index (χ3v) is 3.83. The zero-order chi connectivity index (χ0) is 14.5. The fourth-order valence-corrected chi connectivity index (χ4v) is 2.60. The lowest BCUT2D eigenvalue weighted by Crippen LogP contribution is -2.14. The van der Waals surface area contributed by atoms with Crippen molar-refractivity contribution in [3.63, 3.8) is 0 Å². The molecule has 1 atom stereocenters. The maximum atomic E-state index is 11.9. The largest absolute Gasteiger partial charge is 0.444 e. The van der Waals surface area contributed by atoms with Gasteiger partial charge in [0.1, 0.15) is 0 Å². The Morgan fingerprint density at radius 2 is 2.24 bits per heavy atom. The fourth-order valence-electron chi connectivity index (χ4n) is 2.60. The van der Waals surface area contributed by atoms with E-state index in [4.69, 9.17) is 4.42 Å². The summed E-state index contributed by atoms with van der Waals surface area (Å²) in [5, 5.41) is 6.25. The first-order valence-corrected chi connectivity index (χ1v) is 7.31. The molecule has 1 amide bonds. The van der Waals surface area contributed by atoms with Gasteiger partial charge in [0.25, 0.3) is 0 Å². The summed E-state index contributed by atoms with van der Waals surface area (Å²) in [4.78, 5) is 15.8. The van der Waals surface area contributed by atoms with E-state index in [0.29, 0.717) is 12.3 Å². The fraction of sp³-hybridized carbons (Fsp3) is 0.375. The van der Waals surface area contributed by atoms with Gasteiger partial charge >= 0.3 is 0 Å². The van der Waals surface area contributed by atoms with Crippen molar-refractivity contribution in [3.05, 3.63) is 36.9 Å². The number of nitrogens with zero attached hydrogens (tertiary/aromatic N) is 1. The summed E-state index contributed by atoms with van der Waals surface area (Å²) < 4.78 is 5.23. The summed E-state index contributed by atoms with van der Waals surface area (Å²) in [6.07, 6.45) is 5.79. The van der Waals surface area contributed by atoms with Crippen molar-refractivity contribution in [2.24, 2.45) is 5.92 Å². The van der Waals surface area contributed by atoms with Crippen molar-refractivity contribution >= 4 is 11.6 Å². The van der Waals surface area contributed by atoms with Crippen LogP contribution in [-0.4, -0.2) is 24.0 Å². The van der Waals surface area contributed by atoms with Crippen LogP contribution in [0.15, 0.2) is 41.3 Å². The minimum absolute atomic E-state index is 0.0781. The Morgan fingerprint density at radius 1 is 1.38 bits per heavy atom. The third-order valence-electron chi connectivity index (χ3n) is 3.83. The molecule has 0 saturated carbocycles. The Kier molecular flexibility index (Phi) is 4.31. The molecule has 21 heavy (non-hydrogen) atoms. The molecule has 1 fully saturated rings. The standard InChI is InChI=1S/C16H19N3O2/c20-16(6-1-12-7-8-17-9-12)19-14-4-2-13(3-5-14)15-10-18-11-21-15/h2-5,10-12,17H,1,6-9H2,(H,19,20). The lowest BCUT2D eigenvalue weighted by Gasteiger charge is -2.09. The molecule has 1 aromatic heterocycles. The van der Waals surface area contributed by atoms with E-state index < -0.39 is 0 Å². The quantitative estimate of drug-likeness (QED) is 0.886. The number of hydrogen-bond donors (Lipinski definition) is 2. The Hall–Kier alpha value is -2.14. The average molecular weight is 285 g/mol. The molecule has 110 valence electrons. The molecule has 1 aromatic carbocycles. The molecule has 3 rings (SSSR count). The van der Waals surface area contributed by atoms with Crippen LogP contribution in [0.2, 0.25) is 0 Å². The number of aromatic nitrogens is 1. The van der Waals surface area contributed by atoms with E-state index in [2.05, 4.69) is 15.6 Å². The molecule has 5 nitrogen and oxygen atoms in total. The molecule has 2 N–H and O–H groups in total. The molecule has 5 heteroatoms. The normalized spacial score (nSPS) is 17.8. The Bertz CT molecular complexity index is 572. The van der Waals surface area contributed by atoms with E-state index in [1.807, 2.05) is 24.3 Å². The second-order valence-corrected chi connectivity index (χ2v) is 5.39. The Morgan fingerprint density at radius 3 is 2.90 bits per heavy atom. The number of anilines is 1. The number of nitrogens with one attached hydrogen (secondary N) is 2. The van der Waals surface area contributed by atoms with Gasteiger partial charge in [-0.3, -0.25) is 4.79 Å². The second-order valence-electron chi connectivity index (χ2n) is 5.39. The van der Waals surface area contributed by atoms with Crippen molar-refractivity contribution in [1.29, 1.82) is 0 Å². The van der Waals surface area contributed by atoms with E-state index in [0.717, 1.165) is 36.5 Å². The molecule has 1 unspecified atom stereocenters. The van der Waals surface area contributed by atoms with Crippen molar-refractivity contribution in [3.8, 4) is 11.3 Å². The van der Waals surface area contributed by atoms with Crippen LogP contribution in [-0.2, 0) is 4.79 Å². The van der Waals surface area contributed by atoms with Crippen LogP contribution in [0.25, 0.3) is 11.3 Å². The summed E-state index contributed by atoms with van der Waals surface area (Å²) in [6.45, 7) is 2.12. The average Bonchev–Trinajstić information content (AvgIpc) is 3.19. The smallest absolute Gasteiger partial charge is 0.224 e. The lowest BCUT2D eigenvalue weighted by atomic mass is 10.0. The van der Waals surface area contributed by atoms with Crippen LogP contribution < -0.4 is 10.6 Å². The highest BCUT2D eigenvalue weighted by Gasteiger charge is 2.15. The maximum Gasteiger partial charge on any atom is 0.224 e. The predicted octanol–water partition coefficient (Wildman–Crippen LogP) is 2.67. The Balaban J connectivity index is 1.51. The minimum atomic E-state index is 0.0781. The maximum absolute atomic E-state index is 11.9. The number of hydrogen-bond acceptors (Lipinski definition) is 4. The molecule has 0 aliphatic carbocycles. The van der Waals surface area contributed by atoms with E-state index in [-0.39, 0.29) is 5.91 Å². The van der Waals surface area contributed by atoms with Crippen LogP contribution in [0.1, 0.15) is 19.3 Å². The molecular formula is C16H19N3O2. The Labute approximate surface area is 123 Å². The van der Waals surface area contributed by atoms with Crippen LogP contribution in [0, 0.1) is 5.92 Å². The van der Waals surface area contributed by atoms with Crippen LogP contribution in [0.5, 0.6) is 0 Å². The van der Waals surface area contributed by atoms with Crippen molar-refractivity contribution in [1.82, 2.24) is 10.3 Å². The number of carbonyl (C=O) groups excluding carboxylic acids is 1. The summed E-state index contributed by atoms with van der Waals surface area (Å²) in [5.41, 5.74) is 1.76. The molecule has 1 aliphatic rings. The third kappa shape index (κ3) is 3.70. The summed E-state index contributed by atoms with van der Waals surface area (Å²) in [6, 6.07) is 7.59. The van der Waals surface area contributed by atoms with Crippen molar-refractivity contribution < 1.29 is 9.21 Å². The predicted molar refractivity (Wildman–Crippen MR) is 80.8 cm³/mol. The van der Waals surface area contributed by atoms with E-state index in [1.54, 1.807) is 6.20 Å². The summed E-state index contributed by atoms with van der Waals surface area (Å²) in [5.74, 6) is 1.44. The van der Waals surface area contributed by atoms with E-state index >= 15 is 0 Å². The monoisotopic (exact) mass is 285 g/mol. The van der Waals surface area contributed by atoms with E-state index in [9.17, 15) is 4.79 Å². The highest BCUT2D eigenvalue weighted by atomic mass is 16.3. The molecule has 0 radical (unpaired) electrons. The van der Waals surface area contributed by atoms with Crippen molar-refractivity contribution in [2.75, 3.05) is 18.4 Å². The highest BCUT2D eigenvalue weighted by molar-refractivity contribution is 5.90. The number of benzene rings is 1. The van der Waals surface area contributed by atoms with Crippen LogP contribution >= 0.6 is 0 Å². The van der Waals surface area contributed by atoms with Gasteiger partial charge in [-0.1, -0.05) is 0 Å². The zero-order valence-electron chi connectivity index (χ0n) is 11.8. The van der Waals surface area contributed by atoms with Gasteiger partial charge in [-0.25, -0.2) is 4.98 Å². The first kappa shape index (κ1) is 13.8. The summed E-state index contributed by atoms with van der Waals surface area (Å²) in [7, 11) is 0. The molecule has 2 heterocycles. The first-order chi connectivity index (χ1) is 10.3. The molecule has 1 saturated heterocycles. The molecule has 2 aromatic rings.